The first-order valence-electron chi connectivity index (χ1n) is 5.33. The van der Waals surface area contributed by atoms with Crippen LogP contribution in [0.1, 0.15) is 12.0 Å². The molecule has 2 rings (SSSR count). The number of rotatable bonds is 2. The Morgan fingerprint density at radius 3 is 2.93 bits per heavy atom. The van der Waals surface area contributed by atoms with Crippen LogP contribution in [0.2, 0.25) is 0 Å². The molecule has 1 aliphatic heterocycles. The van der Waals surface area contributed by atoms with E-state index in [2.05, 4.69) is 31.2 Å². The number of hydrogen-bond acceptors (Lipinski definition) is 3. The molecule has 1 aliphatic rings. The van der Waals surface area contributed by atoms with Gasteiger partial charge in [-0.1, -0.05) is 18.2 Å². The van der Waals surface area contributed by atoms with Crippen LogP contribution in [0.25, 0.3) is 0 Å². The first-order valence-corrected chi connectivity index (χ1v) is 6.21. The van der Waals surface area contributed by atoms with Crippen LogP contribution in [-0.2, 0) is 4.74 Å². The van der Waals surface area contributed by atoms with E-state index < -0.39 is 0 Å². The molecule has 1 fully saturated rings. The van der Waals surface area contributed by atoms with Gasteiger partial charge in [0.1, 0.15) is 0 Å². The molecule has 1 aromatic carbocycles. The van der Waals surface area contributed by atoms with Crippen molar-refractivity contribution in [2.45, 2.75) is 29.5 Å². The molecule has 0 amide bonds. The fourth-order valence-corrected chi connectivity index (χ4v) is 2.91. The highest BCUT2D eigenvalue weighted by molar-refractivity contribution is 8.00. The molecule has 3 heteroatoms. The lowest BCUT2D eigenvalue weighted by molar-refractivity contribution is 0.0916. The van der Waals surface area contributed by atoms with Crippen LogP contribution in [0.5, 0.6) is 0 Å². The van der Waals surface area contributed by atoms with Gasteiger partial charge in [-0.2, -0.15) is 0 Å². The molecule has 2 unspecified atom stereocenters. The molecule has 0 bridgehead atoms. The van der Waals surface area contributed by atoms with Crippen LogP contribution >= 0.6 is 11.8 Å². The minimum atomic E-state index is 0.267. The third-order valence-electron chi connectivity index (χ3n) is 2.73. The van der Waals surface area contributed by atoms with E-state index in [1.807, 2.05) is 11.8 Å². The van der Waals surface area contributed by atoms with Crippen molar-refractivity contribution in [3.63, 3.8) is 0 Å². The lowest BCUT2D eigenvalue weighted by Crippen LogP contribution is -2.40. The normalized spacial score (nSPS) is 26.5. The fourth-order valence-electron chi connectivity index (χ4n) is 1.70. The number of hydrogen-bond donors (Lipinski definition) is 1. The van der Waals surface area contributed by atoms with Crippen molar-refractivity contribution in [3.05, 3.63) is 29.8 Å². The van der Waals surface area contributed by atoms with E-state index in [1.165, 1.54) is 10.5 Å². The molecule has 15 heavy (non-hydrogen) atoms. The zero-order chi connectivity index (χ0) is 10.7. The van der Waals surface area contributed by atoms with Crippen molar-refractivity contribution in [2.75, 3.05) is 13.2 Å². The van der Waals surface area contributed by atoms with Gasteiger partial charge in [0.05, 0.1) is 6.61 Å². The monoisotopic (exact) mass is 223 g/mol. The first kappa shape index (κ1) is 11.0. The van der Waals surface area contributed by atoms with Gasteiger partial charge in [0.25, 0.3) is 0 Å². The Bertz CT molecular complexity index is 329. The average Bonchev–Trinajstić information content (AvgIpc) is 2.24. The molecule has 2 atom stereocenters. The van der Waals surface area contributed by atoms with Crippen LogP contribution in [0.3, 0.4) is 0 Å². The number of nitrogens with two attached hydrogens (primary N) is 1. The van der Waals surface area contributed by atoms with E-state index in [9.17, 15) is 0 Å². The largest absolute Gasteiger partial charge is 0.380 e. The summed E-state index contributed by atoms with van der Waals surface area (Å²) < 4.78 is 5.46. The predicted octanol–water partition coefficient (Wildman–Crippen LogP) is 2.20. The molecule has 0 spiro atoms. The standard InChI is InChI=1S/C12H17NOS/c1-9-4-2-3-5-11(9)15-12-8-14-7-6-10(12)13/h2-5,10,12H,6-8,13H2,1H3. The number of thioether (sulfide) groups is 1. The fraction of sp³-hybridized carbons (Fsp3) is 0.500. The molecule has 1 aromatic rings. The van der Waals surface area contributed by atoms with Gasteiger partial charge in [0, 0.05) is 22.8 Å². The first-order chi connectivity index (χ1) is 7.27. The molecule has 0 aromatic heterocycles. The zero-order valence-corrected chi connectivity index (χ0v) is 9.80. The van der Waals surface area contributed by atoms with Gasteiger partial charge < -0.3 is 10.5 Å². The summed E-state index contributed by atoms with van der Waals surface area (Å²) in [7, 11) is 0. The van der Waals surface area contributed by atoms with Gasteiger partial charge in [0.15, 0.2) is 0 Å². The predicted molar refractivity (Wildman–Crippen MR) is 64.2 cm³/mol. The average molecular weight is 223 g/mol. The second-order valence-corrected chi connectivity index (χ2v) is 5.23. The Kier molecular flexibility index (Phi) is 3.67. The molecule has 0 saturated carbocycles. The molecule has 0 aliphatic carbocycles. The summed E-state index contributed by atoms with van der Waals surface area (Å²) in [5, 5.41) is 0.403. The maximum absolute atomic E-state index is 6.08. The quantitative estimate of drug-likeness (QED) is 0.835. The molecule has 2 nitrogen and oxygen atoms in total. The van der Waals surface area contributed by atoms with Gasteiger partial charge in [-0.15, -0.1) is 11.8 Å². The van der Waals surface area contributed by atoms with Crippen molar-refractivity contribution in [1.29, 1.82) is 0 Å². The molecule has 1 saturated heterocycles. The maximum Gasteiger partial charge on any atom is 0.0603 e. The van der Waals surface area contributed by atoms with Gasteiger partial charge in [-0.3, -0.25) is 0 Å². The molecule has 82 valence electrons. The summed E-state index contributed by atoms with van der Waals surface area (Å²) in [6.45, 7) is 3.73. The van der Waals surface area contributed by atoms with E-state index in [-0.39, 0.29) is 6.04 Å². The Morgan fingerprint density at radius 2 is 2.20 bits per heavy atom. The van der Waals surface area contributed by atoms with E-state index in [1.54, 1.807) is 0 Å². The Hall–Kier alpha value is -0.510. The topological polar surface area (TPSA) is 35.2 Å². The van der Waals surface area contributed by atoms with Crippen molar-refractivity contribution in [3.8, 4) is 0 Å². The molecular formula is C12H17NOS. The molecular weight excluding hydrogens is 206 g/mol. The molecule has 0 radical (unpaired) electrons. The van der Waals surface area contributed by atoms with Crippen molar-refractivity contribution in [2.24, 2.45) is 5.73 Å². The highest BCUT2D eigenvalue weighted by atomic mass is 32.2. The van der Waals surface area contributed by atoms with E-state index in [0.717, 1.165) is 19.6 Å². The Balaban J connectivity index is 2.04. The smallest absolute Gasteiger partial charge is 0.0603 e. The highest BCUT2D eigenvalue weighted by Crippen LogP contribution is 2.30. The third kappa shape index (κ3) is 2.74. The number of benzene rings is 1. The van der Waals surface area contributed by atoms with Crippen LogP contribution < -0.4 is 5.73 Å². The lowest BCUT2D eigenvalue weighted by atomic mass is 10.1. The minimum absolute atomic E-state index is 0.267. The van der Waals surface area contributed by atoms with Crippen molar-refractivity contribution in [1.82, 2.24) is 0 Å². The summed E-state index contributed by atoms with van der Waals surface area (Å²) in [6.07, 6.45) is 0.976. The van der Waals surface area contributed by atoms with E-state index >= 15 is 0 Å². The van der Waals surface area contributed by atoms with Gasteiger partial charge >= 0.3 is 0 Å². The summed E-state index contributed by atoms with van der Waals surface area (Å²) in [4.78, 5) is 1.32. The van der Waals surface area contributed by atoms with Crippen LogP contribution in [0.15, 0.2) is 29.2 Å². The molecule has 2 N–H and O–H groups in total. The zero-order valence-electron chi connectivity index (χ0n) is 8.98. The van der Waals surface area contributed by atoms with Crippen molar-refractivity contribution >= 4 is 11.8 Å². The summed E-state index contributed by atoms with van der Waals surface area (Å²) in [6, 6.07) is 8.70. The van der Waals surface area contributed by atoms with Crippen molar-refractivity contribution < 1.29 is 4.74 Å². The Morgan fingerprint density at radius 1 is 1.40 bits per heavy atom. The van der Waals surface area contributed by atoms with Crippen LogP contribution in [-0.4, -0.2) is 24.5 Å². The highest BCUT2D eigenvalue weighted by Gasteiger charge is 2.23. The van der Waals surface area contributed by atoms with E-state index in [4.69, 9.17) is 10.5 Å². The van der Waals surface area contributed by atoms with Crippen LogP contribution in [0.4, 0.5) is 0 Å². The second kappa shape index (κ2) is 5.01. The minimum Gasteiger partial charge on any atom is -0.380 e. The summed E-state index contributed by atoms with van der Waals surface area (Å²) >= 11 is 1.85. The Labute approximate surface area is 95.2 Å². The van der Waals surface area contributed by atoms with Gasteiger partial charge in [0.2, 0.25) is 0 Å². The number of ether oxygens (including phenoxy) is 1. The maximum atomic E-state index is 6.08. The summed E-state index contributed by atoms with van der Waals surface area (Å²) in [5.41, 5.74) is 7.40. The van der Waals surface area contributed by atoms with E-state index in [0.29, 0.717) is 5.25 Å². The third-order valence-corrected chi connectivity index (χ3v) is 4.23. The van der Waals surface area contributed by atoms with Gasteiger partial charge in [-0.25, -0.2) is 0 Å². The molecule has 1 heterocycles. The van der Waals surface area contributed by atoms with Crippen LogP contribution in [0, 0.1) is 6.92 Å². The summed E-state index contributed by atoms with van der Waals surface area (Å²) in [5.74, 6) is 0. The second-order valence-electron chi connectivity index (χ2n) is 3.95. The number of aryl methyl sites for hydroxylation is 1. The SMILES string of the molecule is Cc1ccccc1SC1COCCC1N. The lowest BCUT2D eigenvalue weighted by Gasteiger charge is -2.28. The van der Waals surface area contributed by atoms with Gasteiger partial charge in [-0.05, 0) is 25.0 Å².